The van der Waals surface area contributed by atoms with Gasteiger partial charge in [0.2, 0.25) is 0 Å². The highest BCUT2D eigenvalue weighted by atomic mass is 19.4. The molecule has 0 saturated carbocycles. The molecule has 0 fully saturated rings. The van der Waals surface area contributed by atoms with E-state index in [1.165, 1.54) is 19.2 Å². The number of alkyl halides is 3. The van der Waals surface area contributed by atoms with E-state index in [2.05, 4.69) is 0 Å². The van der Waals surface area contributed by atoms with Crippen LogP contribution in [0, 0.1) is 0 Å². The molecule has 6 heteroatoms. The molecule has 0 aromatic heterocycles. The average molecular weight is 297 g/mol. The van der Waals surface area contributed by atoms with Crippen LogP contribution in [-0.4, -0.2) is 7.11 Å². The van der Waals surface area contributed by atoms with E-state index in [0.29, 0.717) is 17.2 Å². The maximum atomic E-state index is 12.4. The Morgan fingerprint density at radius 3 is 2.29 bits per heavy atom. The molecule has 0 saturated heterocycles. The van der Waals surface area contributed by atoms with Gasteiger partial charge in [0.05, 0.1) is 12.7 Å². The Morgan fingerprint density at radius 2 is 1.71 bits per heavy atom. The highest BCUT2D eigenvalue weighted by Crippen LogP contribution is 2.30. The summed E-state index contributed by atoms with van der Waals surface area (Å²) < 4.78 is 47.9. The van der Waals surface area contributed by atoms with Crippen LogP contribution in [-0.2, 0) is 12.8 Å². The topological polar surface area (TPSA) is 44.5 Å². The molecule has 2 rings (SSSR count). The first-order chi connectivity index (χ1) is 9.90. The second-order valence-electron chi connectivity index (χ2n) is 4.38. The van der Waals surface area contributed by atoms with Gasteiger partial charge in [-0.2, -0.15) is 13.2 Å². The summed E-state index contributed by atoms with van der Waals surface area (Å²) in [5.41, 5.74) is 6.25. The van der Waals surface area contributed by atoms with Gasteiger partial charge in [-0.1, -0.05) is 0 Å². The van der Waals surface area contributed by atoms with Crippen molar-refractivity contribution in [3.63, 3.8) is 0 Å². The van der Waals surface area contributed by atoms with Crippen LogP contribution in [0.25, 0.3) is 0 Å². The third-order valence-electron chi connectivity index (χ3n) is 2.89. The number of hydrogen-bond acceptors (Lipinski definition) is 3. The Morgan fingerprint density at radius 1 is 1.05 bits per heavy atom. The van der Waals surface area contributed by atoms with Crippen LogP contribution in [0.2, 0.25) is 0 Å². The molecule has 0 amide bonds. The molecule has 0 spiro atoms. The van der Waals surface area contributed by atoms with Gasteiger partial charge < -0.3 is 15.2 Å². The molecule has 0 aliphatic heterocycles. The number of hydrogen-bond donors (Lipinski definition) is 1. The van der Waals surface area contributed by atoms with Gasteiger partial charge in [-0.25, -0.2) is 0 Å². The summed E-state index contributed by atoms with van der Waals surface area (Å²) in [7, 11) is 1.51. The molecule has 0 atom stereocenters. The van der Waals surface area contributed by atoms with Gasteiger partial charge in [0.15, 0.2) is 0 Å². The fraction of sp³-hybridized carbons (Fsp3) is 0.200. The van der Waals surface area contributed by atoms with Crippen LogP contribution in [0.3, 0.4) is 0 Å². The number of nitrogens with two attached hydrogens (primary N) is 1. The van der Waals surface area contributed by atoms with Gasteiger partial charge in [0.25, 0.3) is 0 Å². The molecule has 3 nitrogen and oxygen atoms in total. The molecule has 0 aliphatic carbocycles. The summed E-state index contributed by atoms with van der Waals surface area (Å²) in [6.07, 6.45) is -4.35. The molecule has 2 aromatic carbocycles. The van der Waals surface area contributed by atoms with Crippen molar-refractivity contribution >= 4 is 5.69 Å². The molecular weight excluding hydrogens is 283 g/mol. The number of nitrogen functional groups attached to an aromatic ring is 1. The lowest BCUT2D eigenvalue weighted by atomic mass is 10.2. The highest BCUT2D eigenvalue weighted by molar-refractivity contribution is 5.48. The average Bonchev–Trinajstić information content (AvgIpc) is 2.45. The van der Waals surface area contributed by atoms with Gasteiger partial charge in [-0.15, -0.1) is 0 Å². The summed E-state index contributed by atoms with van der Waals surface area (Å²) >= 11 is 0. The molecular formula is C15H14F3NO2. The number of anilines is 1. The fourth-order valence-corrected chi connectivity index (χ4v) is 1.78. The number of halogens is 3. The molecule has 0 bridgehead atoms. The summed E-state index contributed by atoms with van der Waals surface area (Å²) in [4.78, 5) is 0. The Labute approximate surface area is 120 Å². The zero-order valence-corrected chi connectivity index (χ0v) is 11.3. The minimum Gasteiger partial charge on any atom is -0.496 e. The fourth-order valence-electron chi connectivity index (χ4n) is 1.78. The molecule has 0 unspecified atom stereocenters. The number of benzene rings is 2. The van der Waals surface area contributed by atoms with Crippen molar-refractivity contribution in [3.8, 4) is 11.5 Å². The van der Waals surface area contributed by atoms with E-state index in [9.17, 15) is 13.2 Å². The van der Waals surface area contributed by atoms with Crippen molar-refractivity contribution in [1.82, 2.24) is 0 Å². The van der Waals surface area contributed by atoms with E-state index in [0.717, 1.165) is 17.7 Å². The highest BCUT2D eigenvalue weighted by Gasteiger charge is 2.29. The first-order valence-corrected chi connectivity index (χ1v) is 6.12. The lowest BCUT2D eigenvalue weighted by Gasteiger charge is -2.12. The zero-order chi connectivity index (χ0) is 15.5. The Hall–Kier alpha value is -2.37. The van der Waals surface area contributed by atoms with Crippen LogP contribution >= 0.6 is 0 Å². The van der Waals surface area contributed by atoms with E-state index in [1.54, 1.807) is 18.2 Å². The molecule has 0 radical (unpaired) electrons. The first kappa shape index (κ1) is 15.0. The summed E-state index contributed by atoms with van der Waals surface area (Å²) in [5, 5.41) is 0. The molecule has 21 heavy (non-hydrogen) atoms. The lowest BCUT2D eigenvalue weighted by Crippen LogP contribution is -2.04. The third-order valence-corrected chi connectivity index (χ3v) is 2.89. The van der Waals surface area contributed by atoms with Crippen molar-refractivity contribution in [3.05, 3.63) is 53.6 Å². The summed E-state index contributed by atoms with van der Waals surface area (Å²) in [5.74, 6) is 0.920. The maximum absolute atomic E-state index is 12.4. The Kier molecular flexibility index (Phi) is 4.26. The van der Waals surface area contributed by atoms with Crippen molar-refractivity contribution in [2.75, 3.05) is 12.8 Å². The van der Waals surface area contributed by atoms with E-state index >= 15 is 0 Å². The minimum atomic E-state index is -4.35. The summed E-state index contributed by atoms with van der Waals surface area (Å²) in [6.45, 7) is 0.175. The third kappa shape index (κ3) is 3.81. The van der Waals surface area contributed by atoms with Gasteiger partial charge in [0.1, 0.15) is 18.1 Å². The van der Waals surface area contributed by atoms with Gasteiger partial charge in [-0.3, -0.25) is 0 Å². The number of rotatable bonds is 4. The van der Waals surface area contributed by atoms with Gasteiger partial charge in [-0.05, 0) is 36.4 Å². The minimum absolute atomic E-state index is 0.175. The van der Waals surface area contributed by atoms with Crippen LogP contribution in [0.1, 0.15) is 11.1 Å². The maximum Gasteiger partial charge on any atom is 0.416 e. The van der Waals surface area contributed by atoms with Crippen LogP contribution in [0.4, 0.5) is 18.9 Å². The van der Waals surface area contributed by atoms with Crippen molar-refractivity contribution in [1.29, 1.82) is 0 Å². The predicted molar refractivity (Wildman–Crippen MR) is 73.2 cm³/mol. The molecule has 0 heterocycles. The van der Waals surface area contributed by atoms with Crippen molar-refractivity contribution in [2.24, 2.45) is 0 Å². The standard InChI is InChI=1S/C15H14F3NO2/c1-20-14-8-12(19)5-2-10(14)9-21-13-6-3-11(4-7-13)15(16,17)18/h2-8H,9,19H2,1H3. The first-order valence-electron chi connectivity index (χ1n) is 6.12. The Balaban J connectivity index is 2.07. The van der Waals surface area contributed by atoms with Crippen LogP contribution in [0.5, 0.6) is 11.5 Å². The Bertz CT molecular complexity index is 609. The van der Waals surface area contributed by atoms with Crippen molar-refractivity contribution in [2.45, 2.75) is 12.8 Å². The van der Waals surface area contributed by atoms with Gasteiger partial charge >= 0.3 is 6.18 Å². The van der Waals surface area contributed by atoms with E-state index < -0.39 is 11.7 Å². The largest absolute Gasteiger partial charge is 0.496 e. The second kappa shape index (κ2) is 5.95. The predicted octanol–water partition coefficient (Wildman–Crippen LogP) is 3.88. The quantitative estimate of drug-likeness (QED) is 0.871. The number of ether oxygens (including phenoxy) is 2. The van der Waals surface area contributed by atoms with E-state index in [-0.39, 0.29) is 6.61 Å². The SMILES string of the molecule is COc1cc(N)ccc1COc1ccc(C(F)(F)F)cc1. The summed E-state index contributed by atoms with van der Waals surface area (Å²) in [6, 6.07) is 9.64. The van der Waals surface area contributed by atoms with Gasteiger partial charge in [0, 0.05) is 17.3 Å². The molecule has 0 aliphatic rings. The van der Waals surface area contributed by atoms with Crippen LogP contribution in [0.15, 0.2) is 42.5 Å². The normalized spacial score (nSPS) is 11.2. The van der Waals surface area contributed by atoms with Crippen LogP contribution < -0.4 is 15.2 Å². The smallest absolute Gasteiger partial charge is 0.416 e. The second-order valence-corrected chi connectivity index (χ2v) is 4.38. The lowest BCUT2D eigenvalue weighted by molar-refractivity contribution is -0.137. The zero-order valence-electron chi connectivity index (χ0n) is 11.3. The molecule has 2 N–H and O–H groups in total. The molecule has 2 aromatic rings. The monoisotopic (exact) mass is 297 g/mol. The van der Waals surface area contributed by atoms with E-state index in [4.69, 9.17) is 15.2 Å². The van der Waals surface area contributed by atoms with E-state index in [1.807, 2.05) is 0 Å². The number of methoxy groups -OCH3 is 1. The molecule has 112 valence electrons. The van der Waals surface area contributed by atoms with Crippen molar-refractivity contribution < 1.29 is 22.6 Å².